The summed E-state index contributed by atoms with van der Waals surface area (Å²) in [5.74, 6) is -0.992. The van der Waals surface area contributed by atoms with Crippen molar-refractivity contribution in [3.05, 3.63) is 64.0 Å². The van der Waals surface area contributed by atoms with Gasteiger partial charge >= 0.3 is 0 Å². The summed E-state index contributed by atoms with van der Waals surface area (Å²) >= 11 is 1.46. The first-order valence-electron chi connectivity index (χ1n) is 10.1. The molecule has 0 spiro atoms. The molecule has 7 heteroatoms. The summed E-state index contributed by atoms with van der Waals surface area (Å²) in [5.41, 5.74) is 2.94. The quantitative estimate of drug-likeness (QED) is 0.586. The molecule has 2 heterocycles. The molecular formula is C23H23N3O3S. The zero-order valence-electron chi connectivity index (χ0n) is 17.2. The summed E-state index contributed by atoms with van der Waals surface area (Å²) in [6, 6.07) is 12.9. The molecule has 4 rings (SSSR count). The predicted octanol–water partition coefficient (Wildman–Crippen LogP) is 3.96. The number of amides is 3. The number of aromatic nitrogens is 1. The van der Waals surface area contributed by atoms with Crippen molar-refractivity contribution in [2.45, 2.75) is 39.7 Å². The van der Waals surface area contributed by atoms with E-state index in [2.05, 4.69) is 44.0 Å². The Labute approximate surface area is 178 Å². The topological polar surface area (TPSA) is 71.7 Å². The molecular weight excluding hydrogens is 398 g/mol. The van der Waals surface area contributed by atoms with Gasteiger partial charge in [-0.3, -0.25) is 19.3 Å². The van der Waals surface area contributed by atoms with Gasteiger partial charge in [-0.05, 0) is 42.2 Å². The van der Waals surface area contributed by atoms with E-state index in [1.807, 2.05) is 4.57 Å². The van der Waals surface area contributed by atoms with E-state index in [4.69, 9.17) is 0 Å². The second kappa shape index (κ2) is 7.99. The summed E-state index contributed by atoms with van der Waals surface area (Å²) in [4.78, 5) is 43.6. The van der Waals surface area contributed by atoms with Crippen molar-refractivity contribution in [2.75, 3.05) is 6.54 Å². The molecule has 1 aliphatic heterocycles. The number of fused-ring (bicyclic) bond motifs is 2. The average molecular weight is 422 g/mol. The Balaban J connectivity index is 1.67. The van der Waals surface area contributed by atoms with Crippen LogP contribution in [-0.2, 0) is 11.3 Å². The zero-order chi connectivity index (χ0) is 21.4. The molecule has 0 atom stereocenters. The van der Waals surface area contributed by atoms with Gasteiger partial charge in [0.15, 0.2) is 4.80 Å². The maximum Gasteiger partial charge on any atom is 0.268 e. The van der Waals surface area contributed by atoms with Gasteiger partial charge in [-0.25, -0.2) is 0 Å². The van der Waals surface area contributed by atoms with Gasteiger partial charge in [-0.2, -0.15) is 4.99 Å². The average Bonchev–Trinajstić information content (AvgIpc) is 3.18. The van der Waals surface area contributed by atoms with Gasteiger partial charge in [-0.1, -0.05) is 50.3 Å². The van der Waals surface area contributed by atoms with E-state index in [-0.39, 0.29) is 6.54 Å². The summed E-state index contributed by atoms with van der Waals surface area (Å²) in [6.07, 6.45) is 0.900. The van der Waals surface area contributed by atoms with E-state index in [9.17, 15) is 14.4 Å². The molecule has 6 nitrogen and oxygen atoms in total. The summed E-state index contributed by atoms with van der Waals surface area (Å²) < 4.78 is 3.10. The number of aryl methyl sites for hydroxylation is 1. The minimum atomic E-state index is -0.509. The number of imide groups is 1. The first-order valence-corrected chi connectivity index (χ1v) is 10.9. The van der Waals surface area contributed by atoms with Crippen molar-refractivity contribution in [2.24, 2.45) is 4.99 Å². The number of carbonyl (C=O) groups excluding carboxylic acids is 3. The fourth-order valence-corrected chi connectivity index (χ4v) is 4.76. The fraction of sp³-hybridized carbons (Fsp3) is 0.304. The number of carbonyl (C=O) groups is 3. The van der Waals surface area contributed by atoms with Crippen molar-refractivity contribution in [1.29, 1.82) is 0 Å². The van der Waals surface area contributed by atoms with Crippen LogP contribution in [0.4, 0.5) is 0 Å². The maximum atomic E-state index is 12.7. The lowest BCUT2D eigenvalue weighted by Crippen LogP contribution is -2.35. The van der Waals surface area contributed by atoms with Crippen LogP contribution < -0.4 is 4.80 Å². The molecule has 30 heavy (non-hydrogen) atoms. The molecule has 0 saturated heterocycles. The number of benzene rings is 2. The number of hydrogen-bond acceptors (Lipinski definition) is 4. The van der Waals surface area contributed by atoms with E-state index < -0.39 is 17.7 Å². The Bertz CT molecular complexity index is 1200. The highest BCUT2D eigenvalue weighted by Crippen LogP contribution is 2.24. The zero-order valence-corrected chi connectivity index (χ0v) is 18.0. The van der Waals surface area contributed by atoms with E-state index in [0.717, 1.165) is 28.1 Å². The highest BCUT2D eigenvalue weighted by Gasteiger charge is 2.36. The van der Waals surface area contributed by atoms with Crippen LogP contribution in [0.2, 0.25) is 0 Å². The number of thiazole rings is 1. The normalized spacial score (nSPS) is 14.3. The van der Waals surface area contributed by atoms with E-state index in [0.29, 0.717) is 21.8 Å². The molecule has 0 fully saturated rings. The van der Waals surface area contributed by atoms with Crippen LogP contribution in [0.1, 0.15) is 59.4 Å². The molecule has 2 aromatic carbocycles. The van der Waals surface area contributed by atoms with Crippen molar-refractivity contribution >= 4 is 39.3 Å². The van der Waals surface area contributed by atoms with Gasteiger partial charge < -0.3 is 4.57 Å². The lowest BCUT2D eigenvalue weighted by atomic mass is 10.0. The van der Waals surface area contributed by atoms with Gasteiger partial charge in [0.1, 0.15) is 6.54 Å². The van der Waals surface area contributed by atoms with E-state index >= 15 is 0 Å². The number of hydrogen-bond donors (Lipinski definition) is 0. The third-order valence-electron chi connectivity index (χ3n) is 5.21. The second-order valence-electron chi connectivity index (χ2n) is 7.67. The molecule has 0 unspecified atom stereocenters. The molecule has 3 aromatic rings. The largest absolute Gasteiger partial charge is 0.316 e. The van der Waals surface area contributed by atoms with Gasteiger partial charge in [-0.15, -0.1) is 0 Å². The highest BCUT2D eigenvalue weighted by atomic mass is 32.1. The minimum Gasteiger partial charge on any atom is -0.316 e. The van der Waals surface area contributed by atoms with E-state index in [1.54, 1.807) is 24.3 Å². The Morgan fingerprint density at radius 2 is 1.73 bits per heavy atom. The predicted molar refractivity (Wildman–Crippen MR) is 117 cm³/mol. The SMILES string of the molecule is CCCn1c(=NC(=O)CN2C(=O)c3ccccc3C2=O)sc2cc(C(C)C)ccc21. The molecule has 1 aromatic heterocycles. The second-order valence-corrected chi connectivity index (χ2v) is 8.67. The van der Waals surface area contributed by atoms with Crippen LogP contribution in [0.15, 0.2) is 47.5 Å². The lowest BCUT2D eigenvalue weighted by Gasteiger charge is -2.10. The molecule has 0 saturated carbocycles. The maximum absolute atomic E-state index is 12.7. The highest BCUT2D eigenvalue weighted by molar-refractivity contribution is 7.16. The third-order valence-corrected chi connectivity index (χ3v) is 6.25. The molecule has 0 N–H and O–H groups in total. The van der Waals surface area contributed by atoms with Crippen molar-refractivity contribution in [3.63, 3.8) is 0 Å². The van der Waals surface area contributed by atoms with Crippen molar-refractivity contribution in [1.82, 2.24) is 9.47 Å². The van der Waals surface area contributed by atoms with Gasteiger partial charge in [0, 0.05) is 6.54 Å². The van der Waals surface area contributed by atoms with Crippen molar-refractivity contribution in [3.8, 4) is 0 Å². The van der Waals surface area contributed by atoms with Crippen LogP contribution in [0.5, 0.6) is 0 Å². The standard InChI is InChI=1S/C23H23N3O3S/c1-4-11-25-18-10-9-15(14(2)3)12-19(18)30-23(25)24-20(27)13-26-21(28)16-7-5-6-8-17(16)22(26)29/h5-10,12,14H,4,11,13H2,1-3H3. The molecule has 3 amide bonds. The summed E-state index contributed by atoms with van der Waals surface area (Å²) in [5, 5.41) is 0. The lowest BCUT2D eigenvalue weighted by molar-refractivity contribution is -0.118. The molecule has 0 aliphatic carbocycles. The van der Waals surface area contributed by atoms with Gasteiger partial charge in [0.05, 0.1) is 21.3 Å². The van der Waals surface area contributed by atoms with Crippen LogP contribution in [0, 0.1) is 0 Å². The first-order chi connectivity index (χ1) is 14.4. The van der Waals surface area contributed by atoms with Gasteiger partial charge in [0.25, 0.3) is 17.7 Å². The van der Waals surface area contributed by atoms with Crippen molar-refractivity contribution < 1.29 is 14.4 Å². The molecule has 154 valence electrons. The Kier molecular flexibility index (Phi) is 5.39. The summed E-state index contributed by atoms with van der Waals surface area (Å²) in [7, 11) is 0. The summed E-state index contributed by atoms with van der Waals surface area (Å²) in [6.45, 7) is 6.74. The monoisotopic (exact) mass is 421 g/mol. The first kappa shape index (κ1) is 20.2. The fourth-order valence-electron chi connectivity index (χ4n) is 3.63. The molecule has 0 bridgehead atoms. The number of rotatable bonds is 5. The van der Waals surface area contributed by atoms with E-state index in [1.165, 1.54) is 16.9 Å². The van der Waals surface area contributed by atoms with Crippen LogP contribution >= 0.6 is 11.3 Å². The Morgan fingerprint density at radius 1 is 1.07 bits per heavy atom. The minimum absolute atomic E-state index is 0.333. The Morgan fingerprint density at radius 3 is 2.33 bits per heavy atom. The molecule has 1 aliphatic rings. The number of nitrogens with zero attached hydrogens (tertiary/aromatic N) is 3. The van der Waals surface area contributed by atoms with Crippen LogP contribution in [-0.4, -0.2) is 33.7 Å². The Hall–Kier alpha value is -3.06. The molecule has 0 radical (unpaired) electrons. The van der Waals surface area contributed by atoms with Crippen LogP contribution in [0.3, 0.4) is 0 Å². The smallest absolute Gasteiger partial charge is 0.268 e. The third kappa shape index (κ3) is 3.50. The van der Waals surface area contributed by atoms with Gasteiger partial charge in [0.2, 0.25) is 0 Å². The van der Waals surface area contributed by atoms with Crippen LogP contribution in [0.25, 0.3) is 10.2 Å².